The third kappa shape index (κ3) is 4.48. The third-order valence-electron chi connectivity index (χ3n) is 5.69. The molecular formula is C23H27N3O. The van der Waals surface area contributed by atoms with E-state index < -0.39 is 0 Å². The summed E-state index contributed by atoms with van der Waals surface area (Å²) < 4.78 is 0. The standard InChI is InChI=1S/C23H27N3O/c27-22(18-26-14-6-7-15-26)25-23(11-4-1-5-12-23)13-10-19-16-20-8-2-3-9-21(20)24-17-19/h2-3,8-9,16-17H,1,4-7,11-12,14-15,18H2,(H,25,27). The second kappa shape index (κ2) is 8.10. The first-order valence-corrected chi connectivity index (χ1v) is 10.1. The number of benzene rings is 1. The first-order chi connectivity index (χ1) is 13.2. The van der Waals surface area contributed by atoms with Crippen LogP contribution in [0.1, 0.15) is 50.5 Å². The van der Waals surface area contributed by atoms with Gasteiger partial charge in [-0.3, -0.25) is 14.7 Å². The van der Waals surface area contributed by atoms with Crippen molar-refractivity contribution in [2.24, 2.45) is 0 Å². The van der Waals surface area contributed by atoms with Gasteiger partial charge in [0.25, 0.3) is 0 Å². The number of carbonyl (C=O) groups excluding carboxylic acids is 1. The van der Waals surface area contributed by atoms with E-state index in [1.54, 1.807) is 0 Å². The molecule has 140 valence electrons. The minimum atomic E-state index is -0.388. The highest BCUT2D eigenvalue weighted by Crippen LogP contribution is 2.28. The predicted molar refractivity (Wildman–Crippen MR) is 108 cm³/mol. The van der Waals surface area contributed by atoms with Gasteiger partial charge in [-0.1, -0.05) is 49.3 Å². The van der Waals surface area contributed by atoms with Gasteiger partial charge in [-0.2, -0.15) is 0 Å². The van der Waals surface area contributed by atoms with Crippen molar-refractivity contribution in [1.82, 2.24) is 15.2 Å². The molecule has 2 heterocycles. The molecule has 4 nitrogen and oxygen atoms in total. The van der Waals surface area contributed by atoms with Gasteiger partial charge in [0, 0.05) is 17.1 Å². The maximum atomic E-state index is 12.6. The Morgan fingerprint density at radius 1 is 1.11 bits per heavy atom. The Hall–Kier alpha value is -2.38. The van der Waals surface area contributed by atoms with Crippen LogP contribution < -0.4 is 5.32 Å². The normalized spacial score (nSPS) is 19.4. The summed E-state index contributed by atoms with van der Waals surface area (Å²) in [6.45, 7) is 2.57. The van der Waals surface area contributed by atoms with Crippen LogP contribution in [-0.4, -0.2) is 41.0 Å². The lowest BCUT2D eigenvalue weighted by molar-refractivity contribution is -0.123. The summed E-state index contributed by atoms with van der Waals surface area (Å²) >= 11 is 0. The molecule has 2 fully saturated rings. The van der Waals surface area contributed by atoms with E-state index in [-0.39, 0.29) is 11.4 Å². The van der Waals surface area contributed by atoms with Gasteiger partial charge in [0.15, 0.2) is 0 Å². The minimum absolute atomic E-state index is 0.115. The van der Waals surface area contributed by atoms with E-state index in [4.69, 9.17) is 0 Å². The van der Waals surface area contributed by atoms with Gasteiger partial charge in [0.1, 0.15) is 5.54 Å². The number of nitrogens with zero attached hydrogens (tertiary/aromatic N) is 2. The molecule has 0 bridgehead atoms. The number of likely N-dealkylation sites (tertiary alicyclic amines) is 1. The van der Waals surface area contributed by atoms with E-state index in [2.05, 4.69) is 39.2 Å². The zero-order valence-electron chi connectivity index (χ0n) is 15.8. The van der Waals surface area contributed by atoms with Crippen LogP contribution in [0.3, 0.4) is 0 Å². The van der Waals surface area contributed by atoms with Crippen molar-refractivity contribution in [2.75, 3.05) is 19.6 Å². The zero-order valence-corrected chi connectivity index (χ0v) is 15.8. The maximum Gasteiger partial charge on any atom is 0.235 e. The highest BCUT2D eigenvalue weighted by molar-refractivity contribution is 5.80. The molecular weight excluding hydrogens is 334 g/mol. The second-order valence-corrected chi connectivity index (χ2v) is 7.84. The van der Waals surface area contributed by atoms with Gasteiger partial charge in [-0.25, -0.2) is 0 Å². The first kappa shape index (κ1) is 18.0. The van der Waals surface area contributed by atoms with Gasteiger partial charge in [-0.05, 0) is 50.9 Å². The van der Waals surface area contributed by atoms with Crippen LogP contribution in [-0.2, 0) is 4.79 Å². The monoisotopic (exact) mass is 361 g/mol. The number of hydrogen-bond acceptors (Lipinski definition) is 3. The molecule has 1 saturated carbocycles. The fraction of sp³-hybridized carbons (Fsp3) is 0.478. The van der Waals surface area contributed by atoms with Crippen molar-refractivity contribution in [3.63, 3.8) is 0 Å². The smallest absolute Gasteiger partial charge is 0.235 e. The van der Waals surface area contributed by atoms with Crippen molar-refractivity contribution in [2.45, 2.75) is 50.5 Å². The average molecular weight is 361 g/mol. The van der Waals surface area contributed by atoms with Gasteiger partial charge in [0.2, 0.25) is 5.91 Å². The third-order valence-corrected chi connectivity index (χ3v) is 5.69. The minimum Gasteiger partial charge on any atom is -0.339 e. The molecule has 1 aliphatic carbocycles. The number of fused-ring (bicyclic) bond motifs is 1. The summed E-state index contributed by atoms with van der Waals surface area (Å²) in [5.74, 6) is 6.85. The van der Waals surface area contributed by atoms with Crippen molar-refractivity contribution in [3.05, 3.63) is 42.1 Å². The Balaban J connectivity index is 1.52. The van der Waals surface area contributed by atoms with E-state index >= 15 is 0 Å². The lowest BCUT2D eigenvalue weighted by atomic mass is 9.82. The van der Waals surface area contributed by atoms with Gasteiger partial charge in [-0.15, -0.1) is 0 Å². The summed E-state index contributed by atoms with van der Waals surface area (Å²) in [4.78, 5) is 19.4. The maximum absolute atomic E-state index is 12.6. The fourth-order valence-corrected chi connectivity index (χ4v) is 4.22. The van der Waals surface area contributed by atoms with Crippen LogP contribution in [0.5, 0.6) is 0 Å². The summed E-state index contributed by atoms with van der Waals surface area (Å²) in [6, 6.07) is 10.2. The van der Waals surface area contributed by atoms with Crippen LogP contribution in [0.4, 0.5) is 0 Å². The van der Waals surface area contributed by atoms with Gasteiger partial charge in [0.05, 0.1) is 12.1 Å². The molecule has 2 aliphatic rings. The summed E-state index contributed by atoms with van der Waals surface area (Å²) in [7, 11) is 0. The van der Waals surface area contributed by atoms with Crippen molar-refractivity contribution >= 4 is 16.8 Å². The zero-order chi connectivity index (χ0) is 18.5. The number of rotatable bonds is 3. The largest absolute Gasteiger partial charge is 0.339 e. The lowest BCUT2D eigenvalue weighted by Gasteiger charge is -2.34. The molecule has 1 aromatic heterocycles. The predicted octanol–water partition coefficient (Wildman–Crippen LogP) is 3.50. The van der Waals surface area contributed by atoms with E-state index in [0.717, 1.165) is 55.2 Å². The molecule has 1 amide bonds. The molecule has 2 aromatic rings. The second-order valence-electron chi connectivity index (χ2n) is 7.84. The molecule has 4 heteroatoms. The molecule has 4 rings (SSSR count). The SMILES string of the molecule is O=C(CN1CCCC1)NC1(C#Cc2cnc3ccccc3c2)CCCCC1. The van der Waals surface area contributed by atoms with Gasteiger partial charge < -0.3 is 5.32 Å². The first-order valence-electron chi connectivity index (χ1n) is 10.1. The fourth-order valence-electron chi connectivity index (χ4n) is 4.22. The summed E-state index contributed by atoms with van der Waals surface area (Å²) in [5, 5.41) is 4.39. The van der Waals surface area contributed by atoms with E-state index in [1.165, 1.54) is 19.3 Å². The lowest BCUT2D eigenvalue weighted by Crippen LogP contribution is -2.51. The molecule has 1 aromatic carbocycles. The molecule has 1 aliphatic heterocycles. The Morgan fingerprint density at radius 2 is 1.89 bits per heavy atom. The van der Waals surface area contributed by atoms with Crippen molar-refractivity contribution in [3.8, 4) is 11.8 Å². The number of amides is 1. The Labute approximate surface area is 161 Å². The topological polar surface area (TPSA) is 45.2 Å². The highest BCUT2D eigenvalue weighted by Gasteiger charge is 2.32. The number of carbonyl (C=O) groups is 1. The van der Waals surface area contributed by atoms with Crippen LogP contribution in [0.25, 0.3) is 10.9 Å². The Kier molecular flexibility index (Phi) is 5.40. The van der Waals surface area contributed by atoms with Crippen LogP contribution in [0.2, 0.25) is 0 Å². The Bertz CT molecular complexity index is 868. The quantitative estimate of drug-likeness (QED) is 0.851. The summed E-state index contributed by atoms with van der Waals surface area (Å²) in [6.07, 6.45) is 9.57. The molecule has 0 atom stereocenters. The van der Waals surface area contributed by atoms with Crippen LogP contribution in [0.15, 0.2) is 36.5 Å². The van der Waals surface area contributed by atoms with E-state index in [0.29, 0.717) is 6.54 Å². The molecule has 0 unspecified atom stereocenters. The molecule has 1 saturated heterocycles. The van der Waals surface area contributed by atoms with Crippen molar-refractivity contribution in [1.29, 1.82) is 0 Å². The number of pyridine rings is 1. The van der Waals surface area contributed by atoms with Crippen LogP contribution >= 0.6 is 0 Å². The molecule has 0 radical (unpaired) electrons. The van der Waals surface area contributed by atoms with Crippen LogP contribution in [0, 0.1) is 11.8 Å². The number of para-hydroxylation sites is 1. The highest BCUT2D eigenvalue weighted by atomic mass is 16.2. The number of nitrogens with one attached hydrogen (secondary N) is 1. The number of aromatic nitrogens is 1. The molecule has 1 N–H and O–H groups in total. The average Bonchev–Trinajstić information content (AvgIpc) is 3.20. The Morgan fingerprint density at radius 3 is 2.70 bits per heavy atom. The molecule has 0 spiro atoms. The molecule has 27 heavy (non-hydrogen) atoms. The van der Waals surface area contributed by atoms with Crippen molar-refractivity contribution < 1.29 is 4.79 Å². The van der Waals surface area contributed by atoms with E-state index in [9.17, 15) is 4.79 Å². The number of hydrogen-bond donors (Lipinski definition) is 1. The van der Waals surface area contributed by atoms with Gasteiger partial charge >= 0.3 is 0 Å². The van der Waals surface area contributed by atoms with E-state index in [1.807, 2.05) is 24.4 Å². The summed E-state index contributed by atoms with van der Waals surface area (Å²) in [5.41, 5.74) is 1.50.